The van der Waals surface area contributed by atoms with Crippen molar-refractivity contribution in [3.8, 4) is 5.75 Å². The molecule has 0 saturated carbocycles. The van der Waals surface area contributed by atoms with Crippen molar-refractivity contribution in [2.75, 3.05) is 19.0 Å². The Bertz CT molecular complexity index is 1340. The molecule has 0 bridgehead atoms. The maximum Gasteiger partial charge on any atom is 0.255 e. The van der Waals surface area contributed by atoms with Gasteiger partial charge in [0.05, 0.1) is 13.2 Å². The minimum atomic E-state index is -0.237. The summed E-state index contributed by atoms with van der Waals surface area (Å²) in [6.45, 7) is 2.36. The number of carbonyl (C=O) groups excluding carboxylic acids is 2. The first-order valence-electron chi connectivity index (χ1n) is 11.0. The number of benzene rings is 3. The number of para-hydroxylation sites is 1. The number of aryl methyl sites for hydroxylation is 1. The van der Waals surface area contributed by atoms with Gasteiger partial charge in [0.2, 0.25) is 5.91 Å². The number of hydrogen-bond donors (Lipinski definition) is 2. The Kier molecular flexibility index (Phi) is 5.34. The molecule has 33 heavy (non-hydrogen) atoms. The molecular formula is C27H25N3O3. The van der Waals surface area contributed by atoms with Crippen molar-refractivity contribution >= 4 is 28.4 Å². The average molecular weight is 440 g/mol. The van der Waals surface area contributed by atoms with E-state index >= 15 is 0 Å². The van der Waals surface area contributed by atoms with E-state index in [-0.39, 0.29) is 24.3 Å². The number of aromatic nitrogens is 1. The van der Waals surface area contributed by atoms with Crippen LogP contribution in [0.3, 0.4) is 0 Å². The Morgan fingerprint density at radius 2 is 1.76 bits per heavy atom. The highest BCUT2D eigenvalue weighted by Gasteiger charge is 2.39. The fourth-order valence-electron chi connectivity index (χ4n) is 4.68. The number of rotatable bonds is 6. The second-order valence-corrected chi connectivity index (χ2v) is 8.22. The van der Waals surface area contributed by atoms with E-state index in [2.05, 4.69) is 16.4 Å². The fourth-order valence-corrected chi connectivity index (χ4v) is 4.68. The third-order valence-electron chi connectivity index (χ3n) is 6.23. The summed E-state index contributed by atoms with van der Waals surface area (Å²) >= 11 is 0. The molecular weight excluding hydrogens is 414 g/mol. The molecule has 6 nitrogen and oxygen atoms in total. The molecule has 166 valence electrons. The number of fused-ring (bicyclic) bond motifs is 2. The molecule has 3 aromatic carbocycles. The van der Waals surface area contributed by atoms with E-state index in [0.717, 1.165) is 33.5 Å². The molecule has 0 radical (unpaired) electrons. The van der Waals surface area contributed by atoms with Gasteiger partial charge in [0.1, 0.15) is 5.75 Å². The van der Waals surface area contributed by atoms with Gasteiger partial charge in [-0.15, -0.1) is 0 Å². The zero-order valence-electron chi connectivity index (χ0n) is 18.6. The summed E-state index contributed by atoms with van der Waals surface area (Å²) in [6, 6.07) is 22.8. The van der Waals surface area contributed by atoms with Crippen LogP contribution < -0.4 is 10.1 Å². The van der Waals surface area contributed by atoms with Crippen molar-refractivity contribution in [3.63, 3.8) is 0 Å². The van der Waals surface area contributed by atoms with Crippen molar-refractivity contribution < 1.29 is 14.3 Å². The zero-order chi connectivity index (χ0) is 22.9. The molecule has 5 rings (SSSR count). The molecule has 1 aliphatic heterocycles. The van der Waals surface area contributed by atoms with Gasteiger partial charge in [-0.2, -0.15) is 0 Å². The lowest BCUT2D eigenvalue weighted by Gasteiger charge is -2.26. The number of nitrogens with zero attached hydrogens (tertiary/aromatic N) is 1. The summed E-state index contributed by atoms with van der Waals surface area (Å²) in [5.41, 5.74) is 5.52. The maximum absolute atomic E-state index is 13.4. The number of aromatic amines is 1. The molecule has 2 amide bonds. The van der Waals surface area contributed by atoms with E-state index in [1.165, 1.54) is 0 Å². The Morgan fingerprint density at radius 1 is 1.03 bits per heavy atom. The van der Waals surface area contributed by atoms with Crippen LogP contribution in [0.4, 0.5) is 5.69 Å². The summed E-state index contributed by atoms with van der Waals surface area (Å²) in [7, 11) is 1.60. The minimum Gasteiger partial charge on any atom is -0.497 e. The minimum absolute atomic E-state index is 0.0440. The van der Waals surface area contributed by atoms with Gasteiger partial charge in [-0.3, -0.25) is 9.59 Å². The van der Waals surface area contributed by atoms with Crippen molar-refractivity contribution in [2.24, 2.45) is 0 Å². The fraction of sp³-hybridized carbons (Fsp3) is 0.185. The number of hydrogen-bond acceptors (Lipinski definition) is 3. The van der Waals surface area contributed by atoms with Crippen LogP contribution in [0.15, 0.2) is 72.8 Å². The first kappa shape index (κ1) is 20.8. The Balaban J connectivity index is 1.42. The third-order valence-corrected chi connectivity index (χ3v) is 6.23. The lowest BCUT2D eigenvalue weighted by molar-refractivity contribution is -0.116. The molecule has 0 saturated heterocycles. The van der Waals surface area contributed by atoms with E-state index in [9.17, 15) is 9.59 Å². The molecule has 2 N–H and O–H groups in total. The third kappa shape index (κ3) is 3.74. The second-order valence-electron chi connectivity index (χ2n) is 8.22. The molecule has 6 heteroatoms. The number of nitrogens with one attached hydrogen (secondary N) is 2. The van der Waals surface area contributed by atoms with Crippen molar-refractivity contribution in [1.82, 2.24) is 9.88 Å². The molecule has 2 heterocycles. The maximum atomic E-state index is 13.4. The normalized spacial score (nSPS) is 15.0. The highest BCUT2D eigenvalue weighted by atomic mass is 16.5. The molecule has 0 fully saturated rings. The van der Waals surface area contributed by atoms with Gasteiger partial charge in [0.15, 0.2) is 0 Å². The summed E-state index contributed by atoms with van der Waals surface area (Å²) in [5.74, 6) is 0.543. The number of anilines is 1. The highest BCUT2D eigenvalue weighted by Crippen LogP contribution is 2.42. The number of ether oxygens (including phenoxy) is 1. The Hall–Kier alpha value is -4.06. The Morgan fingerprint density at radius 3 is 2.55 bits per heavy atom. The molecule has 1 aliphatic rings. The molecule has 4 aromatic rings. The molecule has 1 aromatic heterocycles. The van der Waals surface area contributed by atoms with Crippen LogP contribution in [-0.4, -0.2) is 35.4 Å². The number of H-pyrrole nitrogens is 1. The lowest BCUT2D eigenvalue weighted by atomic mass is 9.95. The quantitative estimate of drug-likeness (QED) is 0.441. The van der Waals surface area contributed by atoms with E-state index < -0.39 is 0 Å². The van der Waals surface area contributed by atoms with E-state index in [1.54, 1.807) is 31.4 Å². The van der Waals surface area contributed by atoms with Crippen LogP contribution in [0.25, 0.3) is 10.9 Å². The molecule has 0 spiro atoms. The SMILES string of the molecule is COc1ccc(NC(=O)CCN2C(=O)c3ccccc3C2c2c(C)[nH]c3ccccc23)cc1. The van der Waals surface area contributed by atoms with Crippen molar-refractivity contribution in [2.45, 2.75) is 19.4 Å². The monoisotopic (exact) mass is 439 g/mol. The van der Waals surface area contributed by atoms with Crippen LogP contribution in [0, 0.1) is 6.92 Å². The zero-order valence-corrected chi connectivity index (χ0v) is 18.6. The van der Waals surface area contributed by atoms with E-state index in [1.807, 2.05) is 54.3 Å². The van der Waals surface area contributed by atoms with Crippen LogP contribution >= 0.6 is 0 Å². The van der Waals surface area contributed by atoms with Crippen LogP contribution in [0.2, 0.25) is 0 Å². The van der Waals surface area contributed by atoms with E-state index in [4.69, 9.17) is 4.74 Å². The topological polar surface area (TPSA) is 74.4 Å². The predicted molar refractivity (Wildman–Crippen MR) is 129 cm³/mol. The van der Waals surface area contributed by atoms with Gasteiger partial charge >= 0.3 is 0 Å². The second kappa shape index (κ2) is 8.47. The largest absolute Gasteiger partial charge is 0.497 e. The Labute approximate surface area is 192 Å². The molecule has 1 unspecified atom stereocenters. The smallest absolute Gasteiger partial charge is 0.255 e. The van der Waals surface area contributed by atoms with Gasteiger partial charge in [0, 0.05) is 46.4 Å². The van der Waals surface area contributed by atoms with Gasteiger partial charge < -0.3 is 19.9 Å². The van der Waals surface area contributed by atoms with Gasteiger partial charge in [-0.25, -0.2) is 0 Å². The van der Waals surface area contributed by atoms with Gasteiger partial charge in [-0.05, 0) is 48.9 Å². The predicted octanol–water partition coefficient (Wildman–Crippen LogP) is 5.06. The summed E-state index contributed by atoms with van der Waals surface area (Å²) in [5, 5.41) is 4.00. The van der Waals surface area contributed by atoms with Crippen LogP contribution in [0.5, 0.6) is 5.75 Å². The van der Waals surface area contributed by atoms with Crippen molar-refractivity contribution in [1.29, 1.82) is 0 Å². The number of amides is 2. The van der Waals surface area contributed by atoms with E-state index in [0.29, 0.717) is 17.8 Å². The number of carbonyl (C=O) groups is 2. The van der Waals surface area contributed by atoms with Crippen LogP contribution in [-0.2, 0) is 4.79 Å². The summed E-state index contributed by atoms with van der Waals surface area (Å²) < 4.78 is 5.16. The summed E-state index contributed by atoms with van der Waals surface area (Å²) in [4.78, 5) is 31.3. The number of methoxy groups -OCH3 is 1. The standard InChI is InChI=1S/C27H25N3O3/c1-17-25(22-9-5-6-10-23(22)28-17)26-20-7-3-4-8-21(20)27(32)30(26)16-15-24(31)29-18-11-13-19(33-2)14-12-18/h3-14,26,28H,15-16H2,1-2H3,(H,29,31). The first-order valence-corrected chi connectivity index (χ1v) is 11.0. The highest BCUT2D eigenvalue weighted by molar-refractivity contribution is 6.01. The average Bonchev–Trinajstić information content (AvgIpc) is 3.31. The summed E-state index contributed by atoms with van der Waals surface area (Å²) in [6.07, 6.45) is 0.198. The van der Waals surface area contributed by atoms with Gasteiger partial charge in [-0.1, -0.05) is 36.4 Å². The molecule has 0 aliphatic carbocycles. The van der Waals surface area contributed by atoms with Crippen LogP contribution in [0.1, 0.15) is 39.6 Å². The van der Waals surface area contributed by atoms with Gasteiger partial charge in [0.25, 0.3) is 5.91 Å². The van der Waals surface area contributed by atoms with Crippen molar-refractivity contribution in [3.05, 3.63) is 95.2 Å². The lowest BCUT2D eigenvalue weighted by Crippen LogP contribution is -2.32. The molecule has 1 atom stereocenters. The first-order chi connectivity index (χ1) is 16.1.